The first-order valence-corrected chi connectivity index (χ1v) is 6.76. The summed E-state index contributed by atoms with van der Waals surface area (Å²) in [4.78, 5) is 20.3. The Labute approximate surface area is 135 Å². The fourth-order valence-corrected chi connectivity index (χ4v) is 1.95. The number of ether oxygens (including phenoxy) is 2. The van der Waals surface area contributed by atoms with Gasteiger partial charge in [-0.2, -0.15) is 9.97 Å². The lowest BCUT2D eigenvalue weighted by Crippen LogP contribution is -2.18. The van der Waals surface area contributed by atoms with Crippen LogP contribution in [0.5, 0.6) is 11.8 Å². The van der Waals surface area contributed by atoms with E-state index in [1.807, 2.05) is 0 Å². The quantitative estimate of drug-likeness (QED) is 0.924. The molecule has 0 fully saturated rings. The minimum Gasteiger partial charge on any atom is -0.467 e. The number of anilines is 1. The van der Waals surface area contributed by atoms with Gasteiger partial charge >= 0.3 is 12.4 Å². The molecule has 2 rings (SSSR count). The number of rotatable bonds is 4. The Morgan fingerprint density at radius 1 is 1.08 bits per heavy atom. The van der Waals surface area contributed by atoms with E-state index in [-0.39, 0.29) is 11.6 Å². The molecule has 0 bridgehead atoms. The van der Waals surface area contributed by atoms with Crippen LogP contribution in [0.15, 0.2) is 24.3 Å². The Balaban J connectivity index is 2.16. The molecule has 1 heterocycles. The molecule has 0 aliphatic rings. The van der Waals surface area contributed by atoms with Crippen LogP contribution in [-0.2, 0) is 0 Å². The molecule has 24 heavy (non-hydrogen) atoms. The number of carbonyl (C=O) groups excluding carboxylic acids is 1. The molecule has 9 heteroatoms. The van der Waals surface area contributed by atoms with Crippen LogP contribution >= 0.6 is 0 Å². The standard InChI is InChI=1S/C15H14F3N3O3/c1-8-12(9(2)20-14(19-8)23-3)21-13(22)10-4-6-11(7-5-10)24-15(16,17)18/h4-7H,1-3H3,(H,21,22). The molecule has 128 valence electrons. The van der Waals surface area contributed by atoms with E-state index in [2.05, 4.69) is 20.0 Å². The first-order valence-electron chi connectivity index (χ1n) is 6.76. The zero-order valence-corrected chi connectivity index (χ0v) is 13.1. The third-order valence-corrected chi connectivity index (χ3v) is 3.02. The summed E-state index contributed by atoms with van der Waals surface area (Å²) in [5.74, 6) is -0.910. The summed E-state index contributed by atoms with van der Waals surface area (Å²) in [7, 11) is 1.43. The van der Waals surface area contributed by atoms with Crippen LogP contribution in [0.4, 0.5) is 18.9 Å². The van der Waals surface area contributed by atoms with Gasteiger partial charge in [-0.1, -0.05) is 0 Å². The molecule has 2 aromatic rings. The summed E-state index contributed by atoms with van der Waals surface area (Å²) in [5.41, 5.74) is 1.59. The maximum atomic E-state index is 12.2. The first-order chi connectivity index (χ1) is 11.2. The van der Waals surface area contributed by atoms with Crippen molar-refractivity contribution >= 4 is 11.6 Å². The van der Waals surface area contributed by atoms with Crippen LogP contribution in [0.3, 0.4) is 0 Å². The van der Waals surface area contributed by atoms with Crippen molar-refractivity contribution in [2.45, 2.75) is 20.2 Å². The Hall–Kier alpha value is -2.84. The Kier molecular flexibility index (Phi) is 4.91. The molecule has 0 saturated carbocycles. The summed E-state index contributed by atoms with van der Waals surface area (Å²) in [6.07, 6.45) is -4.78. The van der Waals surface area contributed by atoms with E-state index in [1.54, 1.807) is 13.8 Å². The smallest absolute Gasteiger partial charge is 0.467 e. The number of nitrogens with one attached hydrogen (secondary N) is 1. The third kappa shape index (κ3) is 4.34. The molecule has 0 aliphatic carbocycles. The van der Waals surface area contributed by atoms with Gasteiger partial charge in [-0.15, -0.1) is 13.2 Å². The number of hydrogen-bond acceptors (Lipinski definition) is 5. The molecule has 0 unspecified atom stereocenters. The second kappa shape index (κ2) is 6.73. The van der Waals surface area contributed by atoms with E-state index >= 15 is 0 Å². The predicted molar refractivity (Wildman–Crippen MR) is 79.1 cm³/mol. The van der Waals surface area contributed by atoms with Crippen molar-refractivity contribution < 1.29 is 27.4 Å². The molecular formula is C15H14F3N3O3. The number of benzene rings is 1. The van der Waals surface area contributed by atoms with Crippen molar-refractivity contribution in [2.24, 2.45) is 0 Å². The highest BCUT2D eigenvalue weighted by Gasteiger charge is 2.31. The molecule has 6 nitrogen and oxygen atoms in total. The van der Waals surface area contributed by atoms with Crippen LogP contribution < -0.4 is 14.8 Å². The number of halogens is 3. The first kappa shape index (κ1) is 17.5. The van der Waals surface area contributed by atoms with Crippen molar-refractivity contribution in [3.8, 4) is 11.8 Å². The molecule has 1 aromatic heterocycles. The van der Waals surface area contributed by atoms with Crippen molar-refractivity contribution in [2.75, 3.05) is 12.4 Å². The summed E-state index contributed by atoms with van der Waals surface area (Å²) in [5, 5.41) is 2.63. The largest absolute Gasteiger partial charge is 0.573 e. The van der Waals surface area contributed by atoms with E-state index in [4.69, 9.17) is 4.74 Å². The lowest BCUT2D eigenvalue weighted by atomic mass is 10.2. The van der Waals surface area contributed by atoms with Gasteiger partial charge in [0.15, 0.2) is 0 Å². The molecule has 0 saturated heterocycles. The maximum absolute atomic E-state index is 12.2. The number of hydrogen-bond donors (Lipinski definition) is 1. The van der Waals surface area contributed by atoms with Gasteiger partial charge in [-0.05, 0) is 38.1 Å². The van der Waals surface area contributed by atoms with Crippen LogP contribution in [-0.4, -0.2) is 29.3 Å². The number of nitrogens with zero attached hydrogens (tertiary/aromatic N) is 2. The van der Waals surface area contributed by atoms with Gasteiger partial charge < -0.3 is 14.8 Å². The summed E-state index contributed by atoms with van der Waals surface area (Å²) in [6.45, 7) is 3.35. The number of amides is 1. The second-order valence-electron chi connectivity index (χ2n) is 4.78. The van der Waals surface area contributed by atoms with Crippen LogP contribution in [0.1, 0.15) is 21.7 Å². The van der Waals surface area contributed by atoms with Gasteiger partial charge in [0.2, 0.25) is 0 Å². The highest BCUT2D eigenvalue weighted by Crippen LogP contribution is 2.24. The zero-order chi connectivity index (χ0) is 17.9. The Morgan fingerprint density at radius 3 is 2.08 bits per heavy atom. The Bertz CT molecular complexity index is 723. The summed E-state index contributed by atoms with van der Waals surface area (Å²) >= 11 is 0. The average molecular weight is 341 g/mol. The number of carbonyl (C=O) groups is 1. The zero-order valence-electron chi connectivity index (χ0n) is 13.1. The monoisotopic (exact) mass is 341 g/mol. The second-order valence-corrected chi connectivity index (χ2v) is 4.78. The SMILES string of the molecule is COc1nc(C)c(NC(=O)c2ccc(OC(F)(F)F)cc2)c(C)n1. The normalized spacial score (nSPS) is 11.1. The number of alkyl halides is 3. The van der Waals surface area contributed by atoms with Gasteiger partial charge in [-0.25, -0.2) is 0 Å². The maximum Gasteiger partial charge on any atom is 0.573 e. The van der Waals surface area contributed by atoms with Crippen LogP contribution in [0.2, 0.25) is 0 Å². The van der Waals surface area contributed by atoms with Gasteiger partial charge in [-0.3, -0.25) is 4.79 Å². The molecule has 0 radical (unpaired) electrons. The van der Waals surface area contributed by atoms with Gasteiger partial charge in [0, 0.05) is 5.56 Å². The lowest BCUT2D eigenvalue weighted by Gasteiger charge is -2.12. The molecule has 1 amide bonds. The van der Waals surface area contributed by atoms with E-state index in [1.165, 1.54) is 19.2 Å². The van der Waals surface area contributed by atoms with Crippen molar-refractivity contribution in [3.63, 3.8) is 0 Å². The third-order valence-electron chi connectivity index (χ3n) is 3.02. The fourth-order valence-electron chi connectivity index (χ4n) is 1.95. The van der Waals surface area contributed by atoms with E-state index < -0.39 is 18.0 Å². The highest BCUT2D eigenvalue weighted by atomic mass is 19.4. The van der Waals surface area contributed by atoms with E-state index in [9.17, 15) is 18.0 Å². The highest BCUT2D eigenvalue weighted by molar-refractivity contribution is 6.04. The predicted octanol–water partition coefficient (Wildman–Crippen LogP) is 3.25. The summed E-state index contributed by atoms with van der Waals surface area (Å²) < 4.78 is 45.0. The molecule has 1 aromatic carbocycles. The van der Waals surface area contributed by atoms with Crippen molar-refractivity contribution in [1.29, 1.82) is 0 Å². The minimum atomic E-state index is -4.78. The topological polar surface area (TPSA) is 73.3 Å². The number of aromatic nitrogens is 2. The summed E-state index contributed by atoms with van der Waals surface area (Å²) in [6, 6.07) is 4.76. The van der Waals surface area contributed by atoms with Crippen LogP contribution in [0, 0.1) is 13.8 Å². The molecule has 0 aliphatic heterocycles. The van der Waals surface area contributed by atoms with Crippen LogP contribution in [0.25, 0.3) is 0 Å². The Morgan fingerprint density at radius 2 is 1.62 bits per heavy atom. The number of methoxy groups -OCH3 is 1. The number of aryl methyl sites for hydroxylation is 2. The average Bonchev–Trinajstić information content (AvgIpc) is 2.49. The molecule has 0 atom stereocenters. The van der Waals surface area contributed by atoms with Gasteiger partial charge in [0.1, 0.15) is 5.75 Å². The van der Waals surface area contributed by atoms with E-state index in [0.29, 0.717) is 17.1 Å². The molecule has 1 N–H and O–H groups in total. The van der Waals surface area contributed by atoms with Crippen molar-refractivity contribution in [3.05, 3.63) is 41.2 Å². The molecule has 0 spiro atoms. The lowest BCUT2D eigenvalue weighted by molar-refractivity contribution is -0.274. The minimum absolute atomic E-state index is 0.166. The molecular weight excluding hydrogens is 327 g/mol. The van der Waals surface area contributed by atoms with Gasteiger partial charge in [0.05, 0.1) is 24.2 Å². The van der Waals surface area contributed by atoms with Crippen molar-refractivity contribution in [1.82, 2.24) is 9.97 Å². The fraction of sp³-hybridized carbons (Fsp3) is 0.267. The van der Waals surface area contributed by atoms with E-state index in [0.717, 1.165) is 12.1 Å². The van der Waals surface area contributed by atoms with Gasteiger partial charge in [0.25, 0.3) is 5.91 Å².